The van der Waals surface area contributed by atoms with Gasteiger partial charge in [0.1, 0.15) is 18.2 Å². The smallest absolute Gasteiger partial charge is 0.408 e. The molecule has 1 rings (SSSR count). The van der Waals surface area contributed by atoms with E-state index in [2.05, 4.69) is 11.9 Å². The highest BCUT2D eigenvalue weighted by Crippen LogP contribution is 2.15. The highest BCUT2D eigenvalue weighted by Gasteiger charge is 2.33. The topological polar surface area (TPSA) is 128 Å². The normalized spacial score (nSPS) is 15.1. The van der Waals surface area contributed by atoms with Gasteiger partial charge in [-0.3, -0.25) is 9.59 Å². The highest BCUT2D eigenvalue weighted by molar-refractivity contribution is 6.01. The summed E-state index contributed by atoms with van der Waals surface area (Å²) in [6.07, 6.45) is -0.101. The van der Waals surface area contributed by atoms with Crippen LogP contribution in [0.4, 0.5) is 4.79 Å². The van der Waals surface area contributed by atoms with Gasteiger partial charge in [0, 0.05) is 12.8 Å². The quantitative estimate of drug-likeness (QED) is 0.373. The largest absolute Gasteiger partial charge is 0.458 e. The lowest BCUT2D eigenvalue weighted by molar-refractivity contribution is -0.197. The summed E-state index contributed by atoms with van der Waals surface area (Å²) >= 11 is 0. The van der Waals surface area contributed by atoms with Crippen molar-refractivity contribution < 1.29 is 38.3 Å². The number of rotatable bonds is 8. The van der Waals surface area contributed by atoms with Crippen LogP contribution in [0.5, 0.6) is 0 Å². The fourth-order valence-electron chi connectivity index (χ4n) is 2.01. The second-order valence-corrected chi connectivity index (χ2v) is 6.70. The maximum absolute atomic E-state index is 12.2. The zero-order valence-electron chi connectivity index (χ0n) is 15.6. The van der Waals surface area contributed by atoms with Crippen molar-refractivity contribution in [2.45, 2.75) is 58.1 Å². The summed E-state index contributed by atoms with van der Waals surface area (Å²) in [6, 6.07) is -1.18. The van der Waals surface area contributed by atoms with Crippen molar-refractivity contribution in [1.29, 1.82) is 0 Å². The zero-order chi connectivity index (χ0) is 20.6. The average Bonchev–Trinajstić information content (AvgIpc) is 2.86. The Labute approximate surface area is 156 Å². The minimum absolute atomic E-state index is 0.0245. The van der Waals surface area contributed by atoms with Crippen molar-refractivity contribution in [3.8, 4) is 0 Å². The first-order valence-corrected chi connectivity index (χ1v) is 8.37. The van der Waals surface area contributed by atoms with Gasteiger partial charge in [0.05, 0.1) is 6.42 Å². The number of hydrogen-bond acceptors (Lipinski definition) is 8. The van der Waals surface area contributed by atoms with E-state index in [1.165, 1.54) is 6.08 Å². The minimum atomic E-state index is -1.18. The van der Waals surface area contributed by atoms with Crippen molar-refractivity contribution in [2.75, 3.05) is 6.61 Å². The van der Waals surface area contributed by atoms with Crippen LogP contribution in [0.1, 0.15) is 46.5 Å². The average molecular weight is 384 g/mol. The molecule has 0 aliphatic carbocycles. The second kappa shape index (κ2) is 9.70. The molecule has 1 heterocycles. The van der Waals surface area contributed by atoms with E-state index in [1.54, 1.807) is 20.8 Å². The lowest BCUT2D eigenvalue weighted by Crippen LogP contribution is -2.45. The van der Waals surface area contributed by atoms with Gasteiger partial charge in [-0.25, -0.2) is 14.4 Å². The molecule has 1 aliphatic rings. The van der Waals surface area contributed by atoms with Crippen LogP contribution < -0.4 is 5.32 Å². The Kier molecular flexibility index (Phi) is 7.95. The lowest BCUT2D eigenvalue weighted by atomic mass is 10.1. The van der Waals surface area contributed by atoms with Crippen LogP contribution in [0.25, 0.3) is 0 Å². The SMILES string of the molecule is C=CCOC(=O)N[C@H](CCC(=O)ON1C(=O)CCC1=O)C(=O)OC(C)(C)C. The first-order valence-electron chi connectivity index (χ1n) is 8.37. The van der Waals surface area contributed by atoms with E-state index in [9.17, 15) is 24.0 Å². The van der Waals surface area contributed by atoms with E-state index in [1.807, 2.05) is 0 Å². The molecular weight excluding hydrogens is 360 g/mol. The molecule has 0 aromatic carbocycles. The number of amides is 3. The molecule has 10 nitrogen and oxygen atoms in total. The summed E-state index contributed by atoms with van der Waals surface area (Å²) in [4.78, 5) is 63.4. The van der Waals surface area contributed by atoms with Crippen molar-refractivity contribution >= 4 is 29.8 Å². The Hall–Kier alpha value is -2.91. The van der Waals surface area contributed by atoms with Crippen molar-refractivity contribution in [1.82, 2.24) is 10.4 Å². The summed E-state index contributed by atoms with van der Waals surface area (Å²) in [7, 11) is 0. The number of alkyl carbamates (subject to hydrolysis) is 1. The number of hydrogen-bond donors (Lipinski definition) is 1. The number of imide groups is 1. The Morgan fingerprint density at radius 3 is 2.33 bits per heavy atom. The number of esters is 1. The fraction of sp³-hybridized carbons (Fsp3) is 0.588. The molecular formula is C17H24N2O8. The third-order valence-electron chi connectivity index (χ3n) is 3.15. The second-order valence-electron chi connectivity index (χ2n) is 6.70. The zero-order valence-corrected chi connectivity index (χ0v) is 15.6. The molecule has 150 valence electrons. The lowest BCUT2D eigenvalue weighted by Gasteiger charge is -2.24. The van der Waals surface area contributed by atoms with E-state index in [0.717, 1.165) is 0 Å². The van der Waals surface area contributed by atoms with E-state index < -0.39 is 41.5 Å². The van der Waals surface area contributed by atoms with Gasteiger partial charge >= 0.3 is 18.0 Å². The molecule has 1 N–H and O–H groups in total. The van der Waals surface area contributed by atoms with Gasteiger partial charge in [-0.1, -0.05) is 12.7 Å². The standard InChI is InChI=1S/C17H24N2O8/c1-5-10-25-16(24)18-11(15(23)26-17(2,3)4)6-9-14(22)27-19-12(20)7-8-13(19)21/h5,11H,1,6-10H2,2-4H3,(H,18,24)/t11-/m1/s1. The molecule has 0 spiro atoms. The maximum Gasteiger partial charge on any atom is 0.408 e. The first-order chi connectivity index (χ1) is 12.5. The van der Waals surface area contributed by atoms with Gasteiger partial charge < -0.3 is 19.6 Å². The molecule has 0 unspecified atom stereocenters. The van der Waals surface area contributed by atoms with Crippen molar-refractivity contribution in [3.05, 3.63) is 12.7 Å². The summed E-state index contributed by atoms with van der Waals surface area (Å²) in [5.41, 5.74) is -0.809. The van der Waals surface area contributed by atoms with Crippen LogP contribution in [0.3, 0.4) is 0 Å². The van der Waals surface area contributed by atoms with E-state index in [-0.39, 0.29) is 32.3 Å². The molecule has 1 atom stereocenters. The van der Waals surface area contributed by atoms with Crippen LogP contribution in [-0.2, 0) is 33.5 Å². The van der Waals surface area contributed by atoms with Gasteiger partial charge in [-0.05, 0) is 27.2 Å². The van der Waals surface area contributed by atoms with E-state index in [4.69, 9.17) is 14.3 Å². The Balaban J connectivity index is 2.66. The summed E-state index contributed by atoms with van der Waals surface area (Å²) in [6.45, 7) is 8.29. The van der Waals surface area contributed by atoms with E-state index >= 15 is 0 Å². The van der Waals surface area contributed by atoms with Gasteiger partial charge in [-0.15, -0.1) is 5.06 Å². The van der Waals surface area contributed by atoms with E-state index in [0.29, 0.717) is 5.06 Å². The number of ether oxygens (including phenoxy) is 2. The van der Waals surface area contributed by atoms with Gasteiger partial charge in [0.25, 0.3) is 11.8 Å². The Morgan fingerprint density at radius 1 is 1.22 bits per heavy atom. The monoisotopic (exact) mass is 384 g/mol. The van der Waals surface area contributed by atoms with Crippen molar-refractivity contribution in [2.24, 2.45) is 0 Å². The minimum Gasteiger partial charge on any atom is -0.458 e. The number of carbonyl (C=O) groups is 5. The molecule has 0 bridgehead atoms. The number of hydroxylamine groups is 2. The number of nitrogens with zero attached hydrogens (tertiary/aromatic N) is 1. The molecule has 0 aromatic heterocycles. The Bertz CT molecular complexity index is 607. The van der Waals surface area contributed by atoms with Gasteiger partial charge in [-0.2, -0.15) is 0 Å². The summed E-state index contributed by atoms with van der Waals surface area (Å²) in [5, 5.41) is 2.72. The molecule has 27 heavy (non-hydrogen) atoms. The molecule has 10 heteroatoms. The number of carbonyl (C=O) groups excluding carboxylic acids is 5. The van der Waals surface area contributed by atoms with Crippen LogP contribution in [0.2, 0.25) is 0 Å². The number of nitrogens with one attached hydrogen (secondary N) is 1. The predicted molar refractivity (Wildman–Crippen MR) is 90.7 cm³/mol. The van der Waals surface area contributed by atoms with Gasteiger partial charge in [0.15, 0.2) is 0 Å². The summed E-state index contributed by atoms with van der Waals surface area (Å²) < 4.78 is 9.96. The van der Waals surface area contributed by atoms with Crippen LogP contribution in [0, 0.1) is 0 Å². The molecule has 1 aliphatic heterocycles. The van der Waals surface area contributed by atoms with Crippen LogP contribution in [0.15, 0.2) is 12.7 Å². The van der Waals surface area contributed by atoms with Crippen molar-refractivity contribution in [3.63, 3.8) is 0 Å². The first kappa shape index (κ1) is 22.1. The fourth-order valence-corrected chi connectivity index (χ4v) is 2.01. The maximum atomic E-state index is 12.2. The predicted octanol–water partition coefficient (Wildman–Crippen LogP) is 0.996. The van der Waals surface area contributed by atoms with Crippen LogP contribution >= 0.6 is 0 Å². The Morgan fingerprint density at radius 2 is 1.81 bits per heavy atom. The summed E-state index contributed by atoms with van der Waals surface area (Å²) in [5.74, 6) is -2.88. The third-order valence-corrected chi connectivity index (χ3v) is 3.15. The molecule has 0 radical (unpaired) electrons. The molecule has 3 amide bonds. The molecule has 0 saturated carbocycles. The molecule has 1 fully saturated rings. The van der Waals surface area contributed by atoms with Gasteiger partial charge in [0.2, 0.25) is 0 Å². The molecule has 1 saturated heterocycles. The molecule has 0 aromatic rings. The van der Waals surface area contributed by atoms with Crippen LogP contribution in [-0.4, -0.2) is 53.2 Å². The third kappa shape index (κ3) is 7.89. The highest BCUT2D eigenvalue weighted by atomic mass is 16.7.